The molecule has 1 atom stereocenters. The number of nitriles is 1. The summed E-state index contributed by atoms with van der Waals surface area (Å²) in [7, 11) is 1.70. The Morgan fingerprint density at radius 1 is 1.67 bits per heavy atom. The van der Waals surface area contributed by atoms with Crippen LogP contribution in [0.25, 0.3) is 0 Å². The Bertz CT molecular complexity index is 350. The van der Waals surface area contributed by atoms with Crippen LogP contribution in [0.1, 0.15) is 19.8 Å². The lowest BCUT2D eigenvalue weighted by Crippen LogP contribution is -2.54. The Balaban J connectivity index is 2.33. The molecule has 1 N–H and O–H groups in total. The number of hydrogen-bond acceptors (Lipinski definition) is 4. The standard InChI is InChI=1S/C12H20N4O2/c1-10-12(18)14-6-9-16(10)8-4-11(17)15(2)7-3-5-13/h10H,3-4,6-9H2,1-2H3,(H,14,18). The maximum absolute atomic E-state index is 11.8. The fraction of sp³-hybridized carbons (Fsp3) is 0.750. The van der Waals surface area contributed by atoms with Crippen LogP contribution in [0.4, 0.5) is 0 Å². The molecule has 1 aliphatic heterocycles. The molecular formula is C12H20N4O2. The fourth-order valence-corrected chi connectivity index (χ4v) is 1.91. The zero-order valence-corrected chi connectivity index (χ0v) is 11.0. The second-order valence-electron chi connectivity index (χ2n) is 4.48. The molecule has 6 heteroatoms. The molecule has 0 aromatic rings. The summed E-state index contributed by atoms with van der Waals surface area (Å²) in [6.45, 7) is 4.32. The molecule has 18 heavy (non-hydrogen) atoms. The average Bonchev–Trinajstić information content (AvgIpc) is 2.37. The van der Waals surface area contributed by atoms with Crippen molar-refractivity contribution in [1.82, 2.24) is 15.1 Å². The predicted molar refractivity (Wildman–Crippen MR) is 66.5 cm³/mol. The van der Waals surface area contributed by atoms with Gasteiger partial charge < -0.3 is 10.2 Å². The Kier molecular flexibility index (Phi) is 5.59. The van der Waals surface area contributed by atoms with E-state index in [0.29, 0.717) is 32.5 Å². The van der Waals surface area contributed by atoms with Crippen LogP contribution in [0.15, 0.2) is 0 Å². The van der Waals surface area contributed by atoms with Gasteiger partial charge in [0.15, 0.2) is 0 Å². The Morgan fingerprint density at radius 3 is 3.06 bits per heavy atom. The number of carbonyl (C=O) groups excluding carboxylic acids is 2. The molecule has 0 bridgehead atoms. The number of amides is 2. The van der Waals surface area contributed by atoms with Gasteiger partial charge in [0.25, 0.3) is 0 Å². The average molecular weight is 252 g/mol. The fourth-order valence-electron chi connectivity index (χ4n) is 1.91. The number of nitrogens with zero attached hydrogens (tertiary/aromatic N) is 3. The molecule has 0 spiro atoms. The molecule has 1 fully saturated rings. The van der Waals surface area contributed by atoms with Gasteiger partial charge in [-0.3, -0.25) is 14.5 Å². The van der Waals surface area contributed by atoms with Gasteiger partial charge in [-0.15, -0.1) is 0 Å². The van der Waals surface area contributed by atoms with Gasteiger partial charge in [0.1, 0.15) is 0 Å². The molecule has 1 aliphatic rings. The van der Waals surface area contributed by atoms with E-state index in [9.17, 15) is 9.59 Å². The molecule has 6 nitrogen and oxygen atoms in total. The van der Waals surface area contributed by atoms with Crippen molar-refractivity contribution >= 4 is 11.8 Å². The first-order valence-electron chi connectivity index (χ1n) is 6.19. The third-order valence-electron chi connectivity index (χ3n) is 3.22. The number of hydrogen-bond donors (Lipinski definition) is 1. The van der Waals surface area contributed by atoms with Crippen molar-refractivity contribution in [3.05, 3.63) is 0 Å². The van der Waals surface area contributed by atoms with E-state index in [4.69, 9.17) is 5.26 Å². The molecule has 1 heterocycles. The highest BCUT2D eigenvalue weighted by Gasteiger charge is 2.25. The van der Waals surface area contributed by atoms with E-state index >= 15 is 0 Å². The third kappa shape index (κ3) is 4.00. The normalized spacial score (nSPS) is 20.1. The van der Waals surface area contributed by atoms with Crippen molar-refractivity contribution in [2.75, 3.05) is 33.2 Å². The predicted octanol–water partition coefficient (Wildman–Crippen LogP) is -0.431. The largest absolute Gasteiger partial charge is 0.353 e. The van der Waals surface area contributed by atoms with Crippen molar-refractivity contribution in [3.63, 3.8) is 0 Å². The zero-order valence-electron chi connectivity index (χ0n) is 11.0. The minimum atomic E-state index is -0.170. The van der Waals surface area contributed by atoms with Gasteiger partial charge in [0.05, 0.1) is 18.5 Å². The van der Waals surface area contributed by atoms with Crippen molar-refractivity contribution in [2.45, 2.75) is 25.8 Å². The maximum atomic E-state index is 11.8. The second-order valence-corrected chi connectivity index (χ2v) is 4.48. The van der Waals surface area contributed by atoms with E-state index in [1.807, 2.05) is 17.9 Å². The van der Waals surface area contributed by atoms with Crippen LogP contribution in [0.3, 0.4) is 0 Å². The van der Waals surface area contributed by atoms with Gasteiger partial charge in [-0.25, -0.2) is 0 Å². The number of piperazine rings is 1. The Hall–Kier alpha value is -1.61. The number of nitrogens with one attached hydrogen (secondary N) is 1. The van der Waals surface area contributed by atoms with E-state index in [-0.39, 0.29) is 17.9 Å². The van der Waals surface area contributed by atoms with Crippen molar-refractivity contribution in [3.8, 4) is 6.07 Å². The first-order chi connectivity index (χ1) is 8.56. The SMILES string of the molecule is CC1C(=O)NCCN1CCC(=O)N(C)CCC#N. The molecule has 0 radical (unpaired) electrons. The molecule has 2 amide bonds. The van der Waals surface area contributed by atoms with Crippen molar-refractivity contribution in [2.24, 2.45) is 0 Å². The van der Waals surface area contributed by atoms with E-state index < -0.39 is 0 Å². The van der Waals surface area contributed by atoms with Crippen LogP contribution in [-0.2, 0) is 9.59 Å². The molecule has 0 aromatic heterocycles. The van der Waals surface area contributed by atoms with Crippen molar-refractivity contribution in [1.29, 1.82) is 5.26 Å². The molecule has 0 aromatic carbocycles. The minimum Gasteiger partial charge on any atom is -0.353 e. The molecule has 0 aliphatic carbocycles. The van der Waals surface area contributed by atoms with E-state index in [1.54, 1.807) is 11.9 Å². The van der Waals surface area contributed by atoms with E-state index in [2.05, 4.69) is 5.32 Å². The van der Waals surface area contributed by atoms with Crippen LogP contribution < -0.4 is 5.32 Å². The summed E-state index contributed by atoms with van der Waals surface area (Å²) in [5.41, 5.74) is 0. The summed E-state index contributed by atoms with van der Waals surface area (Å²) in [5, 5.41) is 11.2. The van der Waals surface area contributed by atoms with Crippen molar-refractivity contribution < 1.29 is 9.59 Å². The second kappa shape index (κ2) is 6.97. The summed E-state index contributed by atoms with van der Waals surface area (Å²) in [6, 6.07) is 1.84. The first kappa shape index (κ1) is 14.5. The highest BCUT2D eigenvalue weighted by Crippen LogP contribution is 2.05. The van der Waals surface area contributed by atoms with Gasteiger partial charge in [0, 0.05) is 39.6 Å². The first-order valence-corrected chi connectivity index (χ1v) is 6.19. The van der Waals surface area contributed by atoms with E-state index in [0.717, 1.165) is 6.54 Å². The highest BCUT2D eigenvalue weighted by molar-refractivity contribution is 5.82. The lowest BCUT2D eigenvalue weighted by molar-refractivity contribution is -0.133. The minimum absolute atomic E-state index is 0.0171. The summed E-state index contributed by atoms with van der Waals surface area (Å²) >= 11 is 0. The number of rotatable bonds is 5. The molecule has 1 unspecified atom stereocenters. The monoisotopic (exact) mass is 252 g/mol. The molecular weight excluding hydrogens is 232 g/mol. The van der Waals surface area contributed by atoms with Crippen LogP contribution in [0.2, 0.25) is 0 Å². The van der Waals surface area contributed by atoms with Crippen LogP contribution in [-0.4, -0.2) is 60.9 Å². The molecule has 1 rings (SSSR count). The summed E-state index contributed by atoms with van der Waals surface area (Å²) in [6.07, 6.45) is 0.740. The third-order valence-corrected chi connectivity index (χ3v) is 3.22. The smallest absolute Gasteiger partial charge is 0.237 e. The summed E-state index contributed by atoms with van der Waals surface area (Å²) in [4.78, 5) is 26.8. The van der Waals surface area contributed by atoms with Gasteiger partial charge in [-0.1, -0.05) is 0 Å². The summed E-state index contributed by atoms with van der Waals surface area (Å²) in [5.74, 6) is 0.0370. The lowest BCUT2D eigenvalue weighted by Gasteiger charge is -2.32. The van der Waals surface area contributed by atoms with Gasteiger partial charge >= 0.3 is 0 Å². The highest BCUT2D eigenvalue weighted by atomic mass is 16.2. The molecule has 100 valence electrons. The van der Waals surface area contributed by atoms with E-state index in [1.165, 1.54) is 0 Å². The molecule has 0 saturated carbocycles. The number of carbonyl (C=O) groups is 2. The quantitative estimate of drug-likeness (QED) is 0.720. The Labute approximate surface area is 108 Å². The topological polar surface area (TPSA) is 76.4 Å². The van der Waals surface area contributed by atoms with Crippen LogP contribution >= 0.6 is 0 Å². The van der Waals surface area contributed by atoms with Gasteiger partial charge in [-0.2, -0.15) is 5.26 Å². The Morgan fingerprint density at radius 2 is 2.39 bits per heavy atom. The zero-order chi connectivity index (χ0) is 13.5. The van der Waals surface area contributed by atoms with Crippen LogP contribution in [0.5, 0.6) is 0 Å². The van der Waals surface area contributed by atoms with Crippen LogP contribution in [0, 0.1) is 11.3 Å². The molecule has 1 saturated heterocycles. The maximum Gasteiger partial charge on any atom is 0.237 e. The van der Waals surface area contributed by atoms with Gasteiger partial charge in [0.2, 0.25) is 11.8 Å². The lowest BCUT2D eigenvalue weighted by atomic mass is 10.2. The van der Waals surface area contributed by atoms with Gasteiger partial charge in [-0.05, 0) is 6.92 Å². The summed E-state index contributed by atoms with van der Waals surface area (Å²) < 4.78 is 0.